The third-order valence-electron chi connectivity index (χ3n) is 6.36. The minimum atomic E-state index is -0.404. The maximum absolute atomic E-state index is 12.6. The zero-order valence-corrected chi connectivity index (χ0v) is 22.5. The average molecular weight is 507 g/mol. The van der Waals surface area contributed by atoms with Crippen LogP contribution in [0.25, 0.3) is 11.1 Å². The SMILES string of the molecule is CCCCCCCOc1ccc(-c2ccc(OC(=O)c3ccc(CCCCCC)c(Cl)c3)cc2)cc1. The molecule has 3 rings (SSSR count). The van der Waals surface area contributed by atoms with Crippen LogP contribution in [0.3, 0.4) is 0 Å². The molecule has 3 aromatic carbocycles. The molecule has 0 heterocycles. The molecular formula is C32H39ClO3. The fourth-order valence-electron chi connectivity index (χ4n) is 4.14. The van der Waals surface area contributed by atoms with Crippen LogP contribution < -0.4 is 9.47 Å². The summed E-state index contributed by atoms with van der Waals surface area (Å²) < 4.78 is 11.4. The molecule has 3 nitrogen and oxygen atoms in total. The number of hydrogen-bond acceptors (Lipinski definition) is 3. The maximum atomic E-state index is 12.6. The summed E-state index contributed by atoms with van der Waals surface area (Å²) in [6.45, 7) is 5.19. The van der Waals surface area contributed by atoms with Crippen LogP contribution in [0, 0.1) is 0 Å². The summed E-state index contributed by atoms with van der Waals surface area (Å²) in [6.07, 6.45) is 11.8. The Morgan fingerprint density at radius 2 is 1.28 bits per heavy atom. The van der Waals surface area contributed by atoms with E-state index in [-0.39, 0.29) is 0 Å². The molecule has 0 fully saturated rings. The number of carbonyl (C=O) groups is 1. The number of hydrogen-bond donors (Lipinski definition) is 0. The predicted molar refractivity (Wildman–Crippen MR) is 150 cm³/mol. The van der Waals surface area contributed by atoms with Gasteiger partial charge in [-0.05, 0) is 72.4 Å². The molecule has 0 aliphatic heterocycles. The molecule has 192 valence electrons. The summed E-state index contributed by atoms with van der Waals surface area (Å²) in [7, 11) is 0. The van der Waals surface area contributed by atoms with Gasteiger partial charge in [-0.2, -0.15) is 0 Å². The van der Waals surface area contributed by atoms with E-state index in [4.69, 9.17) is 21.1 Å². The van der Waals surface area contributed by atoms with Gasteiger partial charge >= 0.3 is 5.97 Å². The predicted octanol–water partition coefficient (Wildman–Crippen LogP) is 9.70. The van der Waals surface area contributed by atoms with E-state index in [0.717, 1.165) is 48.3 Å². The number of rotatable bonds is 15. The Bertz CT molecular complexity index is 1060. The number of unbranched alkanes of at least 4 members (excludes halogenated alkanes) is 7. The Hall–Kier alpha value is -2.78. The summed E-state index contributed by atoms with van der Waals surface area (Å²) in [5.74, 6) is 0.996. The lowest BCUT2D eigenvalue weighted by molar-refractivity contribution is 0.0734. The molecular weight excluding hydrogens is 468 g/mol. The fourth-order valence-corrected chi connectivity index (χ4v) is 4.41. The zero-order chi connectivity index (χ0) is 25.6. The molecule has 0 radical (unpaired) electrons. The largest absolute Gasteiger partial charge is 0.494 e. The third kappa shape index (κ3) is 9.02. The van der Waals surface area contributed by atoms with Crippen molar-refractivity contribution in [3.05, 3.63) is 82.9 Å². The van der Waals surface area contributed by atoms with Crippen molar-refractivity contribution in [2.75, 3.05) is 6.61 Å². The topological polar surface area (TPSA) is 35.5 Å². The number of benzene rings is 3. The van der Waals surface area contributed by atoms with Crippen molar-refractivity contribution in [2.45, 2.75) is 78.1 Å². The second-order valence-corrected chi connectivity index (χ2v) is 9.72. The highest BCUT2D eigenvalue weighted by atomic mass is 35.5. The first-order valence-electron chi connectivity index (χ1n) is 13.4. The van der Waals surface area contributed by atoms with Gasteiger partial charge in [0.1, 0.15) is 11.5 Å². The highest BCUT2D eigenvalue weighted by Crippen LogP contribution is 2.26. The second kappa shape index (κ2) is 15.4. The Labute approximate surface area is 221 Å². The van der Waals surface area contributed by atoms with Crippen LogP contribution in [0.15, 0.2) is 66.7 Å². The van der Waals surface area contributed by atoms with Crippen molar-refractivity contribution in [2.24, 2.45) is 0 Å². The molecule has 4 heteroatoms. The van der Waals surface area contributed by atoms with E-state index in [2.05, 4.69) is 26.0 Å². The number of ether oxygens (including phenoxy) is 2. The first-order chi connectivity index (χ1) is 17.6. The Morgan fingerprint density at radius 3 is 1.89 bits per heavy atom. The number of halogens is 1. The molecule has 0 atom stereocenters. The Morgan fingerprint density at radius 1 is 0.694 bits per heavy atom. The van der Waals surface area contributed by atoms with Crippen LogP contribution in [0.2, 0.25) is 5.02 Å². The smallest absolute Gasteiger partial charge is 0.343 e. The maximum Gasteiger partial charge on any atom is 0.343 e. The molecule has 0 spiro atoms. The van der Waals surface area contributed by atoms with E-state index in [1.807, 2.05) is 42.5 Å². The van der Waals surface area contributed by atoms with Crippen LogP contribution in [-0.2, 0) is 6.42 Å². The lowest BCUT2D eigenvalue weighted by Crippen LogP contribution is -2.08. The molecule has 0 bridgehead atoms. The molecule has 0 saturated carbocycles. The highest BCUT2D eigenvalue weighted by molar-refractivity contribution is 6.31. The third-order valence-corrected chi connectivity index (χ3v) is 6.71. The van der Waals surface area contributed by atoms with Gasteiger partial charge in [0.05, 0.1) is 12.2 Å². The van der Waals surface area contributed by atoms with Gasteiger partial charge < -0.3 is 9.47 Å². The zero-order valence-electron chi connectivity index (χ0n) is 21.7. The summed E-state index contributed by atoms with van der Waals surface area (Å²) in [4.78, 5) is 12.6. The number of esters is 1. The molecule has 36 heavy (non-hydrogen) atoms. The molecule has 0 unspecified atom stereocenters. The van der Waals surface area contributed by atoms with Crippen molar-refractivity contribution >= 4 is 17.6 Å². The molecule has 0 aromatic heterocycles. The Balaban J connectivity index is 1.50. The summed E-state index contributed by atoms with van der Waals surface area (Å²) in [6, 6.07) is 21.1. The van der Waals surface area contributed by atoms with Gasteiger partial charge in [0.15, 0.2) is 0 Å². The quantitative estimate of drug-likeness (QED) is 0.117. The van der Waals surface area contributed by atoms with Gasteiger partial charge in [-0.1, -0.05) is 101 Å². The average Bonchev–Trinajstić information content (AvgIpc) is 2.90. The van der Waals surface area contributed by atoms with Gasteiger partial charge in [-0.15, -0.1) is 0 Å². The van der Waals surface area contributed by atoms with E-state index >= 15 is 0 Å². The molecule has 3 aromatic rings. The van der Waals surface area contributed by atoms with Crippen LogP contribution in [0.5, 0.6) is 11.5 Å². The number of aryl methyl sites for hydroxylation is 1. The molecule has 0 amide bonds. The van der Waals surface area contributed by atoms with E-state index in [1.165, 1.54) is 44.9 Å². The van der Waals surface area contributed by atoms with Crippen molar-refractivity contribution in [3.8, 4) is 22.6 Å². The fraction of sp³-hybridized carbons (Fsp3) is 0.406. The summed E-state index contributed by atoms with van der Waals surface area (Å²) in [5, 5.41) is 0.625. The van der Waals surface area contributed by atoms with Gasteiger partial charge in [-0.25, -0.2) is 4.79 Å². The lowest BCUT2D eigenvalue weighted by Gasteiger charge is -2.09. The number of carbonyl (C=O) groups excluding carboxylic acids is 1. The van der Waals surface area contributed by atoms with E-state index in [1.54, 1.807) is 12.1 Å². The second-order valence-electron chi connectivity index (χ2n) is 9.32. The molecule has 0 aliphatic rings. The van der Waals surface area contributed by atoms with Crippen molar-refractivity contribution in [1.29, 1.82) is 0 Å². The van der Waals surface area contributed by atoms with Gasteiger partial charge in [-0.3, -0.25) is 0 Å². The van der Waals surface area contributed by atoms with Crippen LogP contribution in [-0.4, -0.2) is 12.6 Å². The normalized spacial score (nSPS) is 10.9. The summed E-state index contributed by atoms with van der Waals surface area (Å²) in [5.41, 5.74) is 3.68. The van der Waals surface area contributed by atoms with Crippen molar-refractivity contribution in [1.82, 2.24) is 0 Å². The van der Waals surface area contributed by atoms with Gasteiger partial charge in [0, 0.05) is 5.02 Å². The van der Waals surface area contributed by atoms with Crippen molar-refractivity contribution in [3.63, 3.8) is 0 Å². The summed E-state index contributed by atoms with van der Waals surface area (Å²) >= 11 is 6.43. The molecule has 0 N–H and O–H groups in total. The Kier molecular flexibility index (Phi) is 11.9. The van der Waals surface area contributed by atoms with Crippen LogP contribution >= 0.6 is 11.6 Å². The standard InChI is InChI=1S/C32H39ClO3/c1-3-5-7-9-11-23-35-29-19-15-25(16-20-29)26-17-21-30(22-18-26)36-32(34)28-14-13-27(31(33)24-28)12-10-8-6-4-2/h13-22,24H,3-12,23H2,1-2H3. The van der Waals surface area contributed by atoms with Gasteiger partial charge in [0.2, 0.25) is 0 Å². The van der Waals surface area contributed by atoms with Crippen LogP contribution in [0.1, 0.15) is 87.6 Å². The first-order valence-corrected chi connectivity index (χ1v) is 13.8. The van der Waals surface area contributed by atoms with E-state index in [0.29, 0.717) is 16.3 Å². The lowest BCUT2D eigenvalue weighted by atomic mass is 10.0. The monoisotopic (exact) mass is 506 g/mol. The van der Waals surface area contributed by atoms with E-state index < -0.39 is 5.97 Å². The van der Waals surface area contributed by atoms with Gasteiger partial charge in [0.25, 0.3) is 0 Å². The molecule has 0 aliphatic carbocycles. The highest BCUT2D eigenvalue weighted by Gasteiger charge is 2.12. The minimum absolute atomic E-state index is 0.404. The van der Waals surface area contributed by atoms with E-state index in [9.17, 15) is 4.79 Å². The molecule has 0 saturated heterocycles. The van der Waals surface area contributed by atoms with Crippen LogP contribution in [0.4, 0.5) is 0 Å². The van der Waals surface area contributed by atoms with Crippen molar-refractivity contribution < 1.29 is 14.3 Å². The first kappa shape index (κ1) is 27.8. The minimum Gasteiger partial charge on any atom is -0.494 e.